The predicted molar refractivity (Wildman–Crippen MR) is 79.7 cm³/mol. The molecule has 0 saturated heterocycles. The summed E-state index contributed by atoms with van der Waals surface area (Å²) < 4.78 is 5.79. The number of halogens is 1. The number of amides is 1. The maximum absolute atomic E-state index is 11.8. The minimum Gasteiger partial charge on any atom is -0.351 e. The highest BCUT2D eigenvalue weighted by molar-refractivity contribution is 9.10. The van der Waals surface area contributed by atoms with Crippen molar-refractivity contribution in [3.63, 3.8) is 0 Å². The molecule has 3 rings (SSSR count). The van der Waals surface area contributed by atoms with Crippen molar-refractivity contribution >= 4 is 38.3 Å². The van der Waals surface area contributed by atoms with Crippen molar-refractivity contribution in [3.8, 4) is 11.3 Å². The van der Waals surface area contributed by atoms with Crippen LogP contribution in [0.25, 0.3) is 11.3 Å². The van der Waals surface area contributed by atoms with Crippen LogP contribution < -0.4 is 5.32 Å². The lowest BCUT2D eigenvalue weighted by atomic mass is 10.2. The largest absolute Gasteiger partial charge is 0.351 e. The van der Waals surface area contributed by atoms with Gasteiger partial charge in [-0.15, -0.1) is 11.3 Å². The molecule has 2 heterocycles. The number of hydrogen-bond acceptors (Lipinski definition) is 5. The number of nitrogens with one attached hydrogen (secondary N) is 1. The SMILES string of the molecule is O=C(Nc1nc(-c2ccc(Br)cc2)cs1)c1ccno1. The molecule has 0 fully saturated rings. The molecule has 0 aliphatic carbocycles. The minimum absolute atomic E-state index is 0.158. The van der Waals surface area contributed by atoms with E-state index in [1.807, 2.05) is 29.6 Å². The van der Waals surface area contributed by atoms with Crippen LogP contribution in [0.1, 0.15) is 10.6 Å². The summed E-state index contributed by atoms with van der Waals surface area (Å²) in [4.78, 5) is 16.2. The fraction of sp³-hybridized carbons (Fsp3) is 0. The lowest BCUT2D eigenvalue weighted by Gasteiger charge is -1.98. The maximum atomic E-state index is 11.8. The molecule has 0 unspecified atom stereocenters. The molecular formula is C13H8BrN3O2S. The second kappa shape index (κ2) is 5.56. The van der Waals surface area contributed by atoms with Crippen molar-refractivity contribution in [1.29, 1.82) is 0 Å². The average molecular weight is 350 g/mol. The number of anilines is 1. The maximum Gasteiger partial charge on any atom is 0.296 e. The zero-order valence-electron chi connectivity index (χ0n) is 10.0. The van der Waals surface area contributed by atoms with Crippen molar-refractivity contribution in [2.24, 2.45) is 0 Å². The Morgan fingerprint density at radius 2 is 2.05 bits per heavy atom. The molecule has 0 spiro atoms. The van der Waals surface area contributed by atoms with Crippen LogP contribution in [-0.2, 0) is 0 Å². The van der Waals surface area contributed by atoms with Gasteiger partial charge in [0.15, 0.2) is 5.13 Å². The summed E-state index contributed by atoms with van der Waals surface area (Å²) in [5.41, 5.74) is 1.81. The van der Waals surface area contributed by atoms with Gasteiger partial charge in [0.2, 0.25) is 5.76 Å². The van der Waals surface area contributed by atoms with E-state index >= 15 is 0 Å². The van der Waals surface area contributed by atoms with Crippen LogP contribution in [0.5, 0.6) is 0 Å². The summed E-state index contributed by atoms with van der Waals surface area (Å²) in [6.07, 6.45) is 1.42. The Morgan fingerprint density at radius 1 is 1.25 bits per heavy atom. The topological polar surface area (TPSA) is 68.0 Å². The van der Waals surface area contributed by atoms with E-state index in [4.69, 9.17) is 4.52 Å². The van der Waals surface area contributed by atoms with E-state index in [1.54, 1.807) is 0 Å². The summed E-state index contributed by atoms with van der Waals surface area (Å²) >= 11 is 4.74. The predicted octanol–water partition coefficient (Wildman–Crippen LogP) is 3.81. The van der Waals surface area contributed by atoms with Gasteiger partial charge in [0.25, 0.3) is 5.91 Å². The van der Waals surface area contributed by atoms with Gasteiger partial charge in [0.05, 0.1) is 11.9 Å². The third-order valence-electron chi connectivity index (χ3n) is 2.53. The van der Waals surface area contributed by atoms with Gasteiger partial charge in [-0.1, -0.05) is 33.2 Å². The third-order valence-corrected chi connectivity index (χ3v) is 3.81. The van der Waals surface area contributed by atoms with Crippen molar-refractivity contribution in [2.75, 3.05) is 5.32 Å². The second-order valence-electron chi connectivity index (χ2n) is 3.88. The van der Waals surface area contributed by atoms with E-state index in [1.165, 1.54) is 23.6 Å². The molecule has 0 aliphatic rings. The Balaban J connectivity index is 1.77. The Morgan fingerprint density at radius 3 is 2.75 bits per heavy atom. The lowest BCUT2D eigenvalue weighted by Crippen LogP contribution is -2.10. The smallest absolute Gasteiger partial charge is 0.296 e. The van der Waals surface area contributed by atoms with Gasteiger partial charge in [-0.2, -0.15) is 0 Å². The molecule has 0 radical (unpaired) electrons. The summed E-state index contributed by atoms with van der Waals surface area (Å²) in [5.74, 6) is -0.204. The summed E-state index contributed by atoms with van der Waals surface area (Å²) in [6, 6.07) is 9.31. The summed E-state index contributed by atoms with van der Waals surface area (Å²) in [7, 11) is 0. The zero-order chi connectivity index (χ0) is 13.9. The number of thiazole rings is 1. The third kappa shape index (κ3) is 2.78. The van der Waals surface area contributed by atoms with E-state index < -0.39 is 0 Å². The number of rotatable bonds is 3. The van der Waals surface area contributed by atoms with Gasteiger partial charge < -0.3 is 4.52 Å². The monoisotopic (exact) mass is 349 g/mol. The fourth-order valence-electron chi connectivity index (χ4n) is 1.58. The summed E-state index contributed by atoms with van der Waals surface area (Å²) in [5, 5.41) is 8.57. The quantitative estimate of drug-likeness (QED) is 0.780. The number of carbonyl (C=O) groups excluding carboxylic acids is 1. The van der Waals surface area contributed by atoms with E-state index in [9.17, 15) is 4.79 Å². The first kappa shape index (κ1) is 13.0. The van der Waals surface area contributed by atoms with Crippen molar-refractivity contribution in [3.05, 3.63) is 52.1 Å². The van der Waals surface area contributed by atoms with Crippen molar-refractivity contribution < 1.29 is 9.32 Å². The Kier molecular flexibility index (Phi) is 3.62. The lowest BCUT2D eigenvalue weighted by molar-refractivity contribution is 0.0988. The molecular weight excluding hydrogens is 342 g/mol. The van der Waals surface area contributed by atoms with Crippen LogP contribution in [-0.4, -0.2) is 16.0 Å². The Bertz CT molecular complexity index is 722. The molecule has 2 aromatic heterocycles. The van der Waals surface area contributed by atoms with Gasteiger partial charge in [0, 0.05) is 21.5 Å². The minimum atomic E-state index is -0.362. The van der Waals surface area contributed by atoms with Crippen LogP contribution in [0.15, 0.2) is 50.9 Å². The molecule has 0 bridgehead atoms. The number of benzene rings is 1. The first-order valence-corrected chi connectivity index (χ1v) is 7.33. The van der Waals surface area contributed by atoms with E-state index in [2.05, 4.69) is 31.4 Å². The normalized spacial score (nSPS) is 10.4. The van der Waals surface area contributed by atoms with Gasteiger partial charge >= 0.3 is 0 Å². The second-order valence-corrected chi connectivity index (χ2v) is 5.65. The number of hydrogen-bond donors (Lipinski definition) is 1. The van der Waals surface area contributed by atoms with Gasteiger partial charge in [-0.05, 0) is 12.1 Å². The Hall–Kier alpha value is -1.99. The molecule has 1 N–H and O–H groups in total. The molecule has 1 amide bonds. The van der Waals surface area contributed by atoms with Crippen LogP contribution in [0.4, 0.5) is 5.13 Å². The molecule has 0 aliphatic heterocycles. The van der Waals surface area contributed by atoms with Crippen LogP contribution >= 0.6 is 27.3 Å². The first-order chi connectivity index (χ1) is 9.72. The van der Waals surface area contributed by atoms with Gasteiger partial charge in [-0.25, -0.2) is 4.98 Å². The molecule has 100 valence electrons. The Labute approximate surface area is 126 Å². The first-order valence-electron chi connectivity index (χ1n) is 5.66. The average Bonchev–Trinajstić information content (AvgIpc) is 3.10. The molecule has 1 aromatic carbocycles. The highest BCUT2D eigenvalue weighted by Gasteiger charge is 2.12. The van der Waals surface area contributed by atoms with Gasteiger partial charge in [-0.3, -0.25) is 10.1 Å². The molecule has 0 atom stereocenters. The van der Waals surface area contributed by atoms with Crippen molar-refractivity contribution in [1.82, 2.24) is 10.1 Å². The highest BCUT2D eigenvalue weighted by atomic mass is 79.9. The van der Waals surface area contributed by atoms with Crippen LogP contribution in [0, 0.1) is 0 Å². The molecule has 20 heavy (non-hydrogen) atoms. The van der Waals surface area contributed by atoms with Crippen LogP contribution in [0.2, 0.25) is 0 Å². The number of nitrogens with zero attached hydrogens (tertiary/aromatic N) is 2. The molecule has 7 heteroatoms. The molecule has 3 aromatic rings. The van der Waals surface area contributed by atoms with E-state index in [-0.39, 0.29) is 11.7 Å². The molecule has 5 nitrogen and oxygen atoms in total. The highest BCUT2D eigenvalue weighted by Crippen LogP contribution is 2.26. The fourth-order valence-corrected chi connectivity index (χ4v) is 2.56. The summed E-state index contributed by atoms with van der Waals surface area (Å²) in [6.45, 7) is 0. The van der Waals surface area contributed by atoms with Gasteiger partial charge in [0.1, 0.15) is 0 Å². The molecule has 0 saturated carbocycles. The zero-order valence-corrected chi connectivity index (χ0v) is 12.4. The van der Waals surface area contributed by atoms with Crippen molar-refractivity contribution in [2.45, 2.75) is 0 Å². The number of aromatic nitrogens is 2. The number of carbonyl (C=O) groups is 1. The van der Waals surface area contributed by atoms with E-state index in [0.29, 0.717) is 5.13 Å². The van der Waals surface area contributed by atoms with E-state index in [0.717, 1.165) is 15.7 Å². The standard InChI is InChI=1S/C13H8BrN3O2S/c14-9-3-1-8(2-4-9)10-7-20-13(16-10)17-12(18)11-5-6-15-19-11/h1-7H,(H,16,17,18). The van der Waals surface area contributed by atoms with Crippen LogP contribution in [0.3, 0.4) is 0 Å².